The predicted octanol–water partition coefficient (Wildman–Crippen LogP) is 0.983. The molecule has 2 aliphatic carbocycles. The highest BCUT2D eigenvalue weighted by Gasteiger charge is 2.59. The van der Waals surface area contributed by atoms with Crippen LogP contribution in [0, 0.1) is 5.41 Å². The molecular weight excluding hydrogens is 276 g/mol. The van der Waals surface area contributed by atoms with Gasteiger partial charge in [0.1, 0.15) is 6.54 Å². The van der Waals surface area contributed by atoms with Crippen LogP contribution in [0.25, 0.3) is 0 Å². The van der Waals surface area contributed by atoms with Crippen molar-refractivity contribution in [3.8, 4) is 0 Å². The van der Waals surface area contributed by atoms with Gasteiger partial charge in [0.2, 0.25) is 11.8 Å². The number of hydrogen-bond acceptors (Lipinski definition) is 4. The normalized spacial score (nSPS) is 31.1. The minimum atomic E-state index is -0.0212. The molecular formula is C14H22N2O3S. The summed E-state index contributed by atoms with van der Waals surface area (Å²) in [7, 11) is 0. The maximum atomic E-state index is 12.1. The largest absolute Gasteiger partial charge is 0.378 e. The van der Waals surface area contributed by atoms with Gasteiger partial charge < -0.3 is 15.0 Å². The number of amides is 2. The smallest absolute Gasteiger partial charge is 0.239 e. The molecule has 20 heavy (non-hydrogen) atoms. The first-order valence-electron chi connectivity index (χ1n) is 7.42. The van der Waals surface area contributed by atoms with E-state index >= 15 is 0 Å². The Labute approximate surface area is 123 Å². The first-order chi connectivity index (χ1) is 9.65. The van der Waals surface area contributed by atoms with Gasteiger partial charge in [0.15, 0.2) is 0 Å². The highest BCUT2D eigenvalue weighted by Crippen LogP contribution is 2.57. The first-order valence-corrected chi connectivity index (χ1v) is 8.57. The molecule has 3 rings (SSSR count). The van der Waals surface area contributed by atoms with Gasteiger partial charge in [-0.1, -0.05) is 6.42 Å². The molecule has 1 spiro atoms. The summed E-state index contributed by atoms with van der Waals surface area (Å²) in [4.78, 5) is 25.2. The van der Waals surface area contributed by atoms with Crippen molar-refractivity contribution >= 4 is 23.6 Å². The van der Waals surface area contributed by atoms with Crippen LogP contribution in [0.2, 0.25) is 0 Å². The minimum Gasteiger partial charge on any atom is -0.378 e. The maximum absolute atomic E-state index is 12.1. The van der Waals surface area contributed by atoms with Crippen molar-refractivity contribution in [2.45, 2.75) is 44.8 Å². The predicted molar refractivity (Wildman–Crippen MR) is 77.3 cm³/mol. The Hall–Kier alpha value is -0.750. The van der Waals surface area contributed by atoms with Crippen LogP contribution in [0.4, 0.5) is 0 Å². The number of carbonyl (C=O) groups is 2. The van der Waals surface area contributed by atoms with Crippen molar-refractivity contribution in [2.24, 2.45) is 5.41 Å². The summed E-state index contributed by atoms with van der Waals surface area (Å²) < 4.78 is 5.78. The molecule has 2 atom stereocenters. The van der Waals surface area contributed by atoms with Crippen LogP contribution in [-0.2, 0) is 14.3 Å². The molecule has 1 saturated heterocycles. The van der Waals surface area contributed by atoms with Crippen LogP contribution in [0.1, 0.15) is 32.6 Å². The molecule has 1 aliphatic heterocycles. The lowest BCUT2D eigenvalue weighted by atomic mass is 9.51. The van der Waals surface area contributed by atoms with Gasteiger partial charge in [-0.25, -0.2) is 0 Å². The molecule has 0 aromatic heterocycles. The molecule has 2 amide bonds. The van der Waals surface area contributed by atoms with E-state index in [-0.39, 0.29) is 29.8 Å². The monoisotopic (exact) mass is 298 g/mol. The Kier molecular flexibility index (Phi) is 3.95. The second-order valence-corrected chi connectivity index (χ2v) is 6.91. The molecule has 0 aromatic rings. The molecule has 2 saturated carbocycles. The highest BCUT2D eigenvalue weighted by atomic mass is 32.2. The molecule has 5 nitrogen and oxygen atoms in total. The number of thioether (sulfide) groups is 1. The van der Waals surface area contributed by atoms with Crippen LogP contribution >= 0.6 is 11.8 Å². The Morgan fingerprint density at radius 3 is 2.90 bits per heavy atom. The van der Waals surface area contributed by atoms with E-state index in [0.29, 0.717) is 17.7 Å². The zero-order valence-corrected chi connectivity index (χ0v) is 12.7. The third kappa shape index (κ3) is 2.33. The summed E-state index contributed by atoms with van der Waals surface area (Å²) in [5, 5.41) is 3.12. The van der Waals surface area contributed by atoms with E-state index in [1.807, 2.05) is 6.92 Å². The molecule has 0 bridgehead atoms. The third-order valence-electron chi connectivity index (χ3n) is 4.93. The van der Waals surface area contributed by atoms with Crippen molar-refractivity contribution in [2.75, 3.05) is 24.8 Å². The van der Waals surface area contributed by atoms with Crippen LogP contribution in [0.15, 0.2) is 0 Å². The van der Waals surface area contributed by atoms with Crippen LogP contribution in [-0.4, -0.2) is 53.6 Å². The van der Waals surface area contributed by atoms with Crippen LogP contribution in [0.5, 0.6) is 0 Å². The lowest BCUT2D eigenvalue weighted by molar-refractivity contribution is -0.176. The summed E-state index contributed by atoms with van der Waals surface area (Å²) in [6, 6.07) is 0.241. The fourth-order valence-electron chi connectivity index (χ4n) is 3.59. The SMILES string of the molecule is CCO[C@@H]1C[C@@H](NC(=O)CN2CSCC2=O)C12CCC2. The molecule has 0 unspecified atom stereocenters. The quantitative estimate of drug-likeness (QED) is 0.822. The molecule has 1 heterocycles. The average molecular weight is 298 g/mol. The Bertz CT molecular complexity index is 411. The lowest BCUT2D eigenvalue weighted by Crippen LogP contribution is -2.68. The van der Waals surface area contributed by atoms with Crippen molar-refractivity contribution in [3.63, 3.8) is 0 Å². The van der Waals surface area contributed by atoms with Gasteiger partial charge in [0.05, 0.1) is 17.7 Å². The number of nitrogens with one attached hydrogen (secondary N) is 1. The van der Waals surface area contributed by atoms with Crippen molar-refractivity contribution in [1.82, 2.24) is 10.2 Å². The van der Waals surface area contributed by atoms with Crippen LogP contribution < -0.4 is 5.32 Å². The molecule has 3 fully saturated rings. The number of nitrogens with zero attached hydrogens (tertiary/aromatic N) is 1. The van der Waals surface area contributed by atoms with Crippen molar-refractivity contribution < 1.29 is 14.3 Å². The van der Waals surface area contributed by atoms with Gasteiger partial charge in [0, 0.05) is 18.1 Å². The second-order valence-electron chi connectivity index (χ2n) is 5.96. The van der Waals surface area contributed by atoms with Gasteiger partial charge in [-0.3, -0.25) is 9.59 Å². The van der Waals surface area contributed by atoms with E-state index in [9.17, 15) is 9.59 Å². The molecule has 1 N–H and O–H groups in total. The van der Waals surface area contributed by atoms with E-state index in [2.05, 4.69) is 5.32 Å². The van der Waals surface area contributed by atoms with Crippen molar-refractivity contribution in [1.29, 1.82) is 0 Å². The maximum Gasteiger partial charge on any atom is 0.239 e. The average Bonchev–Trinajstić information content (AvgIpc) is 2.71. The third-order valence-corrected chi connectivity index (χ3v) is 5.88. The van der Waals surface area contributed by atoms with Crippen molar-refractivity contribution in [3.05, 3.63) is 0 Å². The van der Waals surface area contributed by atoms with Gasteiger partial charge in [-0.05, 0) is 26.2 Å². The lowest BCUT2D eigenvalue weighted by Gasteiger charge is -2.61. The summed E-state index contributed by atoms with van der Waals surface area (Å²) in [5.41, 5.74) is 0.190. The summed E-state index contributed by atoms with van der Waals surface area (Å²) in [6.45, 7) is 2.97. The fourth-order valence-corrected chi connectivity index (χ4v) is 4.50. The minimum absolute atomic E-state index is 0.0212. The van der Waals surface area contributed by atoms with E-state index in [1.54, 1.807) is 16.7 Å². The standard InChI is InChI=1S/C14H22N2O3S/c1-2-19-11-6-10(14(11)4-3-5-14)15-12(17)7-16-9-20-8-13(16)18/h10-11H,2-9H2,1H3,(H,15,17)/t10-,11-/m1/s1. The van der Waals surface area contributed by atoms with Gasteiger partial charge in [-0.2, -0.15) is 0 Å². The fraction of sp³-hybridized carbons (Fsp3) is 0.857. The first kappa shape index (κ1) is 14.2. The number of hydrogen-bond donors (Lipinski definition) is 1. The highest BCUT2D eigenvalue weighted by molar-refractivity contribution is 8.00. The van der Waals surface area contributed by atoms with Gasteiger partial charge in [-0.15, -0.1) is 11.8 Å². The molecule has 6 heteroatoms. The summed E-state index contributed by atoms with van der Waals surface area (Å²) >= 11 is 1.57. The van der Waals surface area contributed by atoms with E-state index in [0.717, 1.165) is 25.9 Å². The zero-order valence-electron chi connectivity index (χ0n) is 11.9. The summed E-state index contributed by atoms with van der Waals surface area (Å²) in [6.07, 6.45) is 4.78. The zero-order chi connectivity index (χ0) is 14.2. The van der Waals surface area contributed by atoms with Gasteiger partial charge in [0.25, 0.3) is 0 Å². The van der Waals surface area contributed by atoms with Crippen LogP contribution in [0.3, 0.4) is 0 Å². The second kappa shape index (κ2) is 5.56. The molecule has 0 aromatic carbocycles. The van der Waals surface area contributed by atoms with E-state index in [1.165, 1.54) is 6.42 Å². The molecule has 112 valence electrons. The number of ether oxygens (including phenoxy) is 1. The van der Waals surface area contributed by atoms with Gasteiger partial charge >= 0.3 is 0 Å². The Balaban J connectivity index is 1.51. The topological polar surface area (TPSA) is 58.6 Å². The van der Waals surface area contributed by atoms with E-state index in [4.69, 9.17) is 4.74 Å². The molecule has 3 aliphatic rings. The van der Waals surface area contributed by atoms with E-state index < -0.39 is 0 Å². The molecule has 0 radical (unpaired) electrons. The Morgan fingerprint density at radius 2 is 2.35 bits per heavy atom. The summed E-state index contributed by atoms with van der Waals surface area (Å²) in [5.74, 6) is 1.20. The number of rotatable bonds is 5. The Morgan fingerprint density at radius 1 is 1.55 bits per heavy atom. The number of carbonyl (C=O) groups excluding carboxylic acids is 2.